The number of hydrogen-bond acceptors (Lipinski definition) is 3. The summed E-state index contributed by atoms with van der Waals surface area (Å²) < 4.78 is 0. The Morgan fingerprint density at radius 2 is 2.21 bits per heavy atom. The van der Waals surface area contributed by atoms with Gasteiger partial charge in [0.25, 0.3) is 0 Å². The topological polar surface area (TPSA) is 38.7 Å². The van der Waals surface area contributed by atoms with Crippen LogP contribution in [0.5, 0.6) is 0 Å². The molecule has 0 aliphatic heterocycles. The Kier molecular flexibility index (Phi) is 1.67. The van der Waals surface area contributed by atoms with Gasteiger partial charge in [0, 0.05) is 0 Å². The van der Waals surface area contributed by atoms with Crippen LogP contribution in [0.25, 0.3) is 11.0 Å². The highest BCUT2D eigenvalue weighted by Gasteiger charge is 2.26. The zero-order valence-corrected chi connectivity index (χ0v) is 8.20. The Hall–Kier alpha value is -1.22. The molecule has 0 amide bonds. The van der Waals surface area contributed by atoms with E-state index in [9.17, 15) is 0 Å². The van der Waals surface area contributed by atoms with Gasteiger partial charge in [-0.3, -0.25) is 0 Å². The first-order valence-corrected chi connectivity index (χ1v) is 4.98. The fourth-order valence-corrected chi connectivity index (χ4v) is 1.88. The Bertz CT molecular complexity index is 494. The predicted molar refractivity (Wildman–Crippen MR) is 54.3 cm³/mol. The molecule has 14 heavy (non-hydrogen) atoms. The minimum Gasteiger partial charge on any atom is -0.243 e. The van der Waals surface area contributed by atoms with Gasteiger partial charge in [-0.2, -0.15) is 0 Å². The average molecular weight is 206 g/mol. The Labute approximate surface area is 86.2 Å². The van der Waals surface area contributed by atoms with Gasteiger partial charge >= 0.3 is 0 Å². The van der Waals surface area contributed by atoms with E-state index in [0.29, 0.717) is 11.1 Å². The number of fused-ring (bicyclic) bond motifs is 1. The second kappa shape index (κ2) is 2.89. The third-order valence-electron chi connectivity index (χ3n) is 2.49. The van der Waals surface area contributed by atoms with Gasteiger partial charge in [-0.15, -0.1) is 0 Å². The molecular weight excluding hydrogens is 198 g/mol. The molecule has 1 saturated carbocycles. The zero-order valence-electron chi connectivity index (χ0n) is 7.44. The molecule has 0 radical (unpaired) electrons. The molecule has 0 saturated heterocycles. The second-order valence-electron chi connectivity index (χ2n) is 3.57. The van der Waals surface area contributed by atoms with Crippen LogP contribution in [0.3, 0.4) is 0 Å². The van der Waals surface area contributed by atoms with Gasteiger partial charge in [0.1, 0.15) is 17.0 Å². The summed E-state index contributed by atoms with van der Waals surface area (Å²) >= 11 is 5.93. The lowest BCUT2D eigenvalue weighted by atomic mass is 10.1. The minimum atomic E-state index is 0.536. The molecule has 0 bridgehead atoms. The van der Waals surface area contributed by atoms with Gasteiger partial charge in [0.05, 0.1) is 11.7 Å². The van der Waals surface area contributed by atoms with Crippen LogP contribution in [0.1, 0.15) is 24.3 Å². The Morgan fingerprint density at radius 3 is 3.00 bits per heavy atom. The number of halogens is 1. The number of pyridine rings is 1. The smallest absolute Gasteiger partial charge is 0.130 e. The van der Waals surface area contributed by atoms with E-state index in [1.165, 1.54) is 18.4 Å². The van der Waals surface area contributed by atoms with Crippen LogP contribution in [0.2, 0.25) is 5.15 Å². The maximum atomic E-state index is 5.93. The fraction of sp³-hybridized carbons (Fsp3) is 0.300. The van der Waals surface area contributed by atoms with Gasteiger partial charge in [-0.05, 0) is 30.4 Å². The number of hydrogen-bond donors (Lipinski definition) is 0. The monoisotopic (exact) mass is 205 g/mol. The van der Waals surface area contributed by atoms with Crippen LogP contribution in [-0.2, 0) is 0 Å². The Morgan fingerprint density at radius 1 is 1.36 bits per heavy atom. The van der Waals surface area contributed by atoms with E-state index >= 15 is 0 Å². The molecule has 1 fully saturated rings. The van der Waals surface area contributed by atoms with E-state index in [2.05, 4.69) is 15.0 Å². The van der Waals surface area contributed by atoms with Crippen molar-refractivity contribution in [3.8, 4) is 0 Å². The van der Waals surface area contributed by atoms with Crippen molar-refractivity contribution < 1.29 is 0 Å². The highest BCUT2D eigenvalue weighted by molar-refractivity contribution is 6.29. The lowest BCUT2D eigenvalue weighted by Gasteiger charge is -2.03. The van der Waals surface area contributed by atoms with Crippen molar-refractivity contribution in [3.63, 3.8) is 0 Å². The van der Waals surface area contributed by atoms with Crippen molar-refractivity contribution in [2.45, 2.75) is 18.8 Å². The van der Waals surface area contributed by atoms with Crippen molar-refractivity contribution in [2.75, 3.05) is 0 Å². The van der Waals surface area contributed by atoms with Crippen LogP contribution < -0.4 is 0 Å². The normalized spacial score (nSPS) is 16.1. The highest BCUT2D eigenvalue weighted by atomic mass is 35.5. The van der Waals surface area contributed by atoms with Crippen molar-refractivity contribution in [3.05, 3.63) is 29.3 Å². The lowest BCUT2D eigenvalue weighted by Crippen LogP contribution is -1.91. The van der Waals surface area contributed by atoms with E-state index in [4.69, 9.17) is 11.6 Å². The largest absolute Gasteiger partial charge is 0.243 e. The van der Waals surface area contributed by atoms with E-state index in [1.54, 1.807) is 12.5 Å². The van der Waals surface area contributed by atoms with Crippen LogP contribution in [0.4, 0.5) is 0 Å². The van der Waals surface area contributed by atoms with E-state index in [1.807, 2.05) is 6.07 Å². The molecule has 0 aromatic carbocycles. The number of rotatable bonds is 1. The molecule has 70 valence electrons. The standard InChI is InChI=1S/C10H8ClN3/c11-9-3-7(6-1-2-6)10-8(14-9)4-12-5-13-10/h3-6H,1-2H2. The summed E-state index contributed by atoms with van der Waals surface area (Å²) in [6, 6.07) is 1.93. The van der Waals surface area contributed by atoms with E-state index < -0.39 is 0 Å². The van der Waals surface area contributed by atoms with E-state index in [-0.39, 0.29) is 0 Å². The molecule has 2 aromatic heterocycles. The highest BCUT2D eigenvalue weighted by Crippen LogP contribution is 2.42. The molecule has 2 aromatic rings. The quantitative estimate of drug-likeness (QED) is 0.672. The van der Waals surface area contributed by atoms with Gasteiger partial charge in [0.2, 0.25) is 0 Å². The molecular formula is C10H8ClN3. The van der Waals surface area contributed by atoms with E-state index in [0.717, 1.165) is 11.0 Å². The maximum absolute atomic E-state index is 5.93. The fourth-order valence-electron chi connectivity index (χ4n) is 1.68. The first-order valence-electron chi connectivity index (χ1n) is 4.61. The lowest BCUT2D eigenvalue weighted by molar-refractivity contribution is 1.10. The molecule has 0 N–H and O–H groups in total. The molecule has 4 heteroatoms. The van der Waals surface area contributed by atoms with Gasteiger partial charge in [-0.25, -0.2) is 15.0 Å². The van der Waals surface area contributed by atoms with Crippen molar-refractivity contribution in [1.29, 1.82) is 0 Å². The summed E-state index contributed by atoms with van der Waals surface area (Å²) in [4.78, 5) is 12.4. The first kappa shape index (κ1) is 8.12. The maximum Gasteiger partial charge on any atom is 0.130 e. The molecule has 1 aliphatic rings. The number of nitrogens with zero attached hydrogens (tertiary/aromatic N) is 3. The summed E-state index contributed by atoms with van der Waals surface area (Å²) in [6.07, 6.45) is 5.74. The summed E-state index contributed by atoms with van der Waals surface area (Å²) in [7, 11) is 0. The average Bonchev–Trinajstić information content (AvgIpc) is 2.99. The molecule has 3 rings (SSSR count). The molecule has 0 spiro atoms. The van der Waals surface area contributed by atoms with Crippen molar-refractivity contribution in [2.24, 2.45) is 0 Å². The van der Waals surface area contributed by atoms with Crippen molar-refractivity contribution >= 4 is 22.6 Å². The van der Waals surface area contributed by atoms with Crippen LogP contribution >= 0.6 is 11.6 Å². The SMILES string of the molecule is Clc1cc(C2CC2)c2ncncc2n1. The first-order chi connectivity index (χ1) is 6.84. The van der Waals surface area contributed by atoms with Crippen LogP contribution in [0, 0.1) is 0 Å². The van der Waals surface area contributed by atoms with Gasteiger partial charge in [-0.1, -0.05) is 11.6 Å². The van der Waals surface area contributed by atoms with Crippen LogP contribution in [-0.4, -0.2) is 15.0 Å². The molecule has 0 atom stereocenters. The summed E-state index contributed by atoms with van der Waals surface area (Å²) in [5.74, 6) is 0.632. The zero-order chi connectivity index (χ0) is 9.54. The van der Waals surface area contributed by atoms with Crippen molar-refractivity contribution in [1.82, 2.24) is 15.0 Å². The number of aromatic nitrogens is 3. The van der Waals surface area contributed by atoms with Gasteiger partial charge < -0.3 is 0 Å². The molecule has 0 unspecified atom stereocenters. The third kappa shape index (κ3) is 1.24. The Balaban J connectivity index is 2.34. The molecule has 2 heterocycles. The minimum absolute atomic E-state index is 0.536. The second-order valence-corrected chi connectivity index (χ2v) is 3.95. The predicted octanol–water partition coefficient (Wildman–Crippen LogP) is 2.56. The summed E-state index contributed by atoms with van der Waals surface area (Å²) in [5, 5.41) is 0.536. The molecule has 3 nitrogen and oxygen atoms in total. The van der Waals surface area contributed by atoms with Gasteiger partial charge in [0.15, 0.2) is 0 Å². The van der Waals surface area contributed by atoms with Crippen LogP contribution in [0.15, 0.2) is 18.6 Å². The summed E-state index contributed by atoms with van der Waals surface area (Å²) in [6.45, 7) is 0. The third-order valence-corrected chi connectivity index (χ3v) is 2.68. The molecule has 1 aliphatic carbocycles. The summed E-state index contributed by atoms with van der Waals surface area (Å²) in [5.41, 5.74) is 2.97.